The van der Waals surface area contributed by atoms with Crippen LogP contribution in [0.1, 0.15) is 20.8 Å². The standard InChI is InChI=1S/C9H20N2O2/c1-7(2)6-13-9(12)11(4)5-8(3)10/h7-8H,5-6,10H2,1-4H3. The predicted octanol–water partition coefficient (Wildman–Crippen LogP) is 1.06. The van der Waals surface area contributed by atoms with Crippen molar-refractivity contribution in [1.82, 2.24) is 4.90 Å². The van der Waals surface area contributed by atoms with Crippen molar-refractivity contribution >= 4 is 6.09 Å². The van der Waals surface area contributed by atoms with E-state index in [1.54, 1.807) is 7.05 Å². The number of carbonyl (C=O) groups excluding carboxylic acids is 1. The lowest BCUT2D eigenvalue weighted by Gasteiger charge is -2.19. The average Bonchev–Trinajstić information content (AvgIpc) is 1.98. The molecule has 0 aromatic heterocycles. The highest BCUT2D eigenvalue weighted by Gasteiger charge is 2.11. The molecule has 4 nitrogen and oxygen atoms in total. The number of rotatable bonds is 4. The first-order valence-corrected chi connectivity index (χ1v) is 4.57. The van der Waals surface area contributed by atoms with Crippen molar-refractivity contribution in [3.8, 4) is 0 Å². The highest BCUT2D eigenvalue weighted by molar-refractivity contribution is 5.67. The molecule has 0 bridgehead atoms. The van der Waals surface area contributed by atoms with Gasteiger partial charge in [0.25, 0.3) is 0 Å². The number of hydrogen-bond donors (Lipinski definition) is 1. The summed E-state index contributed by atoms with van der Waals surface area (Å²) < 4.78 is 5.00. The molecule has 1 atom stereocenters. The molecular formula is C9H20N2O2. The number of carbonyl (C=O) groups is 1. The molecule has 1 unspecified atom stereocenters. The smallest absolute Gasteiger partial charge is 0.409 e. The van der Waals surface area contributed by atoms with Crippen molar-refractivity contribution in [2.45, 2.75) is 26.8 Å². The van der Waals surface area contributed by atoms with E-state index in [-0.39, 0.29) is 12.1 Å². The maximum atomic E-state index is 11.2. The van der Waals surface area contributed by atoms with Crippen LogP contribution < -0.4 is 5.73 Å². The van der Waals surface area contributed by atoms with E-state index in [9.17, 15) is 4.79 Å². The largest absolute Gasteiger partial charge is 0.449 e. The first-order chi connectivity index (χ1) is 5.93. The van der Waals surface area contributed by atoms with Crippen LogP contribution in [0.15, 0.2) is 0 Å². The monoisotopic (exact) mass is 188 g/mol. The summed E-state index contributed by atoms with van der Waals surface area (Å²) in [6.45, 7) is 6.84. The topological polar surface area (TPSA) is 55.6 Å². The molecule has 78 valence electrons. The quantitative estimate of drug-likeness (QED) is 0.717. The molecule has 0 aliphatic carbocycles. The Morgan fingerprint density at radius 2 is 2.00 bits per heavy atom. The summed E-state index contributed by atoms with van der Waals surface area (Å²) in [5, 5.41) is 0. The molecule has 0 fully saturated rings. The summed E-state index contributed by atoms with van der Waals surface area (Å²) in [6.07, 6.45) is -0.300. The number of ether oxygens (including phenoxy) is 1. The van der Waals surface area contributed by atoms with E-state index in [0.717, 1.165) is 0 Å². The van der Waals surface area contributed by atoms with Gasteiger partial charge in [0.15, 0.2) is 0 Å². The third kappa shape index (κ3) is 6.40. The first-order valence-electron chi connectivity index (χ1n) is 4.57. The van der Waals surface area contributed by atoms with Crippen molar-refractivity contribution in [2.75, 3.05) is 20.2 Å². The second-order valence-electron chi connectivity index (χ2n) is 3.83. The fraction of sp³-hybridized carbons (Fsp3) is 0.889. The zero-order chi connectivity index (χ0) is 10.4. The van der Waals surface area contributed by atoms with Crippen LogP contribution in [0.3, 0.4) is 0 Å². The van der Waals surface area contributed by atoms with Crippen molar-refractivity contribution in [3.05, 3.63) is 0 Å². The van der Waals surface area contributed by atoms with Gasteiger partial charge in [-0.15, -0.1) is 0 Å². The van der Waals surface area contributed by atoms with Crippen LogP contribution in [-0.2, 0) is 4.74 Å². The van der Waals surface area contributed by atoms with Gasteiger partial charge >= 0.3 is 6.09 Å². The van der Waals surface area contributed by atoms with Gasteiger partial charge in [0.2, 0.25) is 0 Å². The average molecular weight is 188 g/mol. The van der Waals surface area contributed by atoms with E-state index in [4.69, 9.17) is 10.5 Å². The Hall–Kier alpha value is -0.770. The molecule has 0 saturated heterocycles. The van der Waals surface area contributed by atoms with Gasteiger partial charge in [0.05, 0.1) is 6.61 Å². The van der Waals surface area contributed by atoms with Gasteiger partial charge in [0, 0.05) is 19.6 Å². The van der Waals surface area contributed by atoms with Crippen LogP contribution >= 0.6 is 0 Å². The van der Waals surface area contributed by atoms with Gasteiger partial charge in [-0.1, -0.05) is 13.8 Å². The van der Waals surface area contributed by atoms with Crippen LogP contribution in [0, 0.1) is 5.92 Å². The summed E-state index contributed by atoms with van der Waals surface area (Å²) in [5.41, 5.74) is 5.54. The fourth-order valence-corrected chi connectivity index (χ4v) is 0.855. The van der Waals surface area contributed by atoms with Gasteiger partial charge in [-0.2, -0.15) is 0 Å². The predicted molar refractivity (Wildman–Crippen MR) is 52.5 cm³/mol. The van der Waals surface area contributed by atoms with Crippen LogP contribution in [0.25, 0.3) is 0 Å². The lowest BCUT2D eigenvalue weighted by Crippen LogP contribution is -2.37. The summed E-state index contributed by atoms with van der Waals surface area (Å²) in [4.78, 5) is 12.7. The molecule has 0 saturated carbocycles. The molecule has 0 heterocycles. The van der Waals surface area contributed by atoms with Crippen molar-refractivity contribution in [1.29, 1.82) is 0 Å². The van der Waals surface area contributed by atoms with Gasteiger partial charge in [0.1, 0.15) is 0 Å². The zero-order valence-corrected chi connectivity index (χ0v) is 8.91. The molecule has 1 amide bonds. The minimum atomic E-state index is -0.300. The Kier molecular flexibility index (Phi) is 5.46. The molecule has 2 N–H and O–H groups in total. The summed E-state index contributed by atoms with van der Waals surface area (Å²) >= 11 is 0. The molecule has 0 aromatic rings. The summed E-state index contributed by atoms with van der Waals surface area (Å²) in [5.74, 6) is 0.368. The second-order valence-corrected chi connectivity index (χ2v) is 3.83. The highest BCUT2D eigenvalue weighted by Crippen LogP contribution is 1.97. The molecule has 4 heteroatoms. The summed E-state index contributed by atoms with van der Waals surface area (Å²) in [7, 11) is 1.69. The minimum Gasteiger partial charge on any atom is -0.449 e. The number of hydrogen-bond acceptors (Lipinski definition) is 3. The van der Waals surface area contributed by atoms with E-state index >= 15 is 0 Å². The van der Waals surface area contributed by atoms with E-state index in [1.807, 2.05) is 20.8 Å². The van der Waals surface area contributed by atoms with Crippen LogP contribution in [0.5, 0.6) is 0 Å². The molecule has 0 spiro atoms. The highest BCUT2D eigenvalue weighted by atomic mass is 16.6. The van der Waals surface area contributed by atoms with Crippen LogP contribution in [0.2, 0.25) is 0 Å². The Labute approximate surface area is 80.0 Å². The zero-order valence-electron chi connectivity index (χ0n) is 8.91. The molecule has 0 rings (SSSR count). The van der Waals surface area contributed by atoms with Gasteiger partial charge in [-0.25, -0.2) is 4.79 Å². The normalized spacial score (nSPS) is 12.8. The maximum absolute atomic E-state index is 11.2. The SMILES string of the molecule is CC(C)COC(=O)N(C)CC(C)N. The van der Waals surface area contributed by atoms with E-state index in [1.165, 1.54) is 4.90 Å². The number of amides is 1. The minimum absolute atomic E-state index is 0.0170. The number of nitrogens with zero attached hydrogens (tertiary/aromatic N) is 1. The van der Waals surface area contributed by atoms with Gasteiger partial charge in [-0.3, -0.25) is 0 Å². The van der Waals surface area contributed by atoms with E-state index in [2.05, 4.69) is 0 Å². The lowest BCUT2D eigenvalue weighted by molar-refractivity contribution is 0.0987. The lowest BCUT2D eigenvalue weighted by atomic mass is 10.2. The maximum Gasteiger partial charge on any atom is 0.409 e. The molecule has 0 aliphatic rings. The van der Waals surface area contributed by atoms with Crippen molar-refractivity contribution in [3.63, 3.8) is 0 Å². The molecular weight excluding hydrogens is 168 g/mol. The third-order valence-corrected chi connectivity index (χ3v) is 1.41. The molecule has 0 aromatic carbocycles. The Morgan fingerprint density at radius 3 is 2.38 bits per heavy atom. The molecule has 0 aliphatic heterocycles. The fourth-order valence-electron chi connectivity index (χ4n) is 0.855. The van der Waals surface area contributed by atoms with E-state index in [0.29, 0.717) is 19.1 Å². The number of nitrogens with two attached hydrogens (primary N) is 1. The van der Waals surface area contributed by atoms with Crippen molar-refractivity contribution in [2.24, 2.45) is 11.7 Å². The Bertz CT molecular complexity index is 158. The third-order valence-electron chi connectivity index (χ3n) is 1.41. The molecule has 0 radical (unpaired) electrons. The Morgan fingerprint density at radius 1 is 1.46 bits per heavy atom. The first kappa shape index (κ1) is 12.2. The van der Waals surface area contributed by atoms with Crippen LogP contribution in [-0.4, -0.2) is 37.2 Å². The number of likely N-dealkylation sites (N-methyl/N-ethyl adjacent to an activating group) is 1. The van der Waals surface area contributed by atoms with Crippen molar-refractivity contribution < 1.29 is 9.53 Å². The Balaban J connectivity index is 3.69. The van der Waals surface area contributed by atoms with E-state index < -0.39 is 0 Å². The van der Waals surface area contributed by atoms with Gasteiger partial charge in [-0.05, 0) is 12.8 Å². The van der Waals surface area contributed by atoms with Gasteiger partial charge < -0.3 is 15.4 Å². The van der Waals surface area contributed by atoms with Crippen LogP contribution in [0.4, 0.5) is 4.79 Å². The summed E-state index contributed by atoms with van der Waals surface area (Å²) in [6, 6.07) is -0.0170. The molecule has 13 heavy (non-hydrogen) atoms. The second kappa shape index (κ2) is 5.80.